The second kappa shape index (κ2) is 7.56. The lowest BCUT2D eigenvalue weighted by atomic mass is 10.0. The van der Waals surface area contributed by atoms with E-state index in [-0.39, 0.29) is 5.91 Å². The van der Waals surface area contributed by atoms with Gasteiger partial charge >= 0.3 is 0 Å². The molecule has 1 atom stereocenters. The highest BCUT2D eigenvalue weighted by Crippen LogP contribution is 2.03. The summed E-state index contributed by atoms with van der Waals surface area (Å²) in [5.74, 6) is -0.221. The van der Waals surface area contributed by atoms with Crippen LogP contribution in [0.25, 0.3) is 0 Å². The number of nitrogens with one attached hydrogen (secondary N) is 2. The molecule has 0 heterocycles. The van der Waals surface area contributed by atoms with Crippen molar-refractivity contribution in [2.24, 2.45) is 0 Å². The number of aliphatic hydroxyl groups is 3. The summed E-state index contributed by atoms with van der Waals surface area (Å²) in [5.41, 5.74) is -1.22. The molecule has 5 N–H and O–H groups in total. The zero-order valence-corrected chi connectivity index (χ0v) is 9.86. The summed E-state index contributed by atoms with van der Waals surface area (Å²) < 4.78 is 0. The lowest BCUT2D eigenvalue weighted by Crippen LogP contribution is -2.60. The quantitative estimate of drug-likeness (QED) is 0.341. The molecule has 0 aromatic carbocycles. The molecule has 0 bridgehead atoms. The fourth-order valence-corrected chi connectivity index (χ4v) is 1.21. The molecule has 0 radical (unpaired) electrons. The Kier molecular flexibility index (Phi) is 7.24. The average Bonchev–Trinajstić information content (AvgIpc) is 2.32. The molecule has 1 unspecified atom stereocenters. The molecule has 0 saturated carbocycles. The molecule has 0 aliphatic carbocycles. The summed E-state index contributed by atoms with van der Waals surface area (Å²) in [6.45, 7) is 2.82. The van der Waals surface area contributed by atoms with Gasteiger partial charge in [-0.1, -0.05) is 6.92 Å². The number of carbonyl (C=O) groups excluding carboxylic acids is 1. The minimum Gasteiger partial charge on any atom is -0.394 e. The topological polar surface area (TPSA) is 102 Å². The summed E-state index contributed by atoms with van der Waals surface area (Å²) >= 11 is 0. The molecule has 0 aliphatic rings. The number of hydrogen-bond acceptors (Lipinski definition) is 5. The van der Waals surface area contributed by atoms with Crippen LogP contribution >= 0.6 is 0 Å². The van der Waals surface area contributed by atoms with E-state index in [1.807, 2.05) is 6.92 Å². The van der Waals surface area contributed by atoms with Crippen LogP contribution in [-0.4, -0.2) is 59.2 Å². The third-order valence-corrected chi connectivity index (χ3v) is 2.37. The van der Waals surface area contributed by atoms with E-state index in [0.717, 1.165) is 6.42 Å². The van der Waals surface area contributed by atoms with Gasteiger partial charge in [-0.2, -0.15) is 0 Å². The molecule has 96 valence electrons. The number of aliphatic hydroxyl groups excluding tert-OH is 3. The van der Waals surface area contributed by atoms with Gasteiger partial charge in [-0.3, -0.25) is 10.1 Å². The standard InChI is InChI=1S/C10H22N2O4/c1-3-4-11-9(16)8(2)12-10(5-13,6-14)7-15/h8,12-15H,3-7H2,1-2H3,(H,11,16). The predicted molar refractivity (Wildman–Crippen MR) is 59.9 cm³/mol. The van der Waals surface area contributed by atoms with Crippen molar-refractivity contribution in [3.8, 4) is 0 Å². The normalized spacial score (nSPS) is 13.6. The Hall–Kier alpha value is -0.690. The first-order valence-corrected chi connectivity index (χ1v) is 5.43. The first-order valence-electron chi connectivity index (χ1n) is 5.43. The van der Waals surface area contributed by atoms with E-state index in [1.165, 1.54) is 0 Å². The Morgan fingerprint density at radius 1 is 1.25 bits per heavy atom. The lowest BCUT2D eigenvalue weighted by Gasteiger charge is -2.31. The van der Waals surface area contributed by atoms with E-state index in [2.05, 4.69) is 10.6 Å². The van der Waals surface area contributed by atoms with Crippen molar-refractivity contribution in [1.82, 2.24) is 10.6 Å². The fourth-order valence-electron chi connectivity index (χ4n) is 1.21. The molecule has 0 spiro atoms. The van der Waals surface area contributed by atoms with Crippen molar-refractivity contribution in [3.63, 3.8) is 0 Å². The molecule has 0 aromatic heterocycles. The van der Waals surface area contributed by atoms with Crippen LogP contribution in [0.4, 0.5) is 0 Å². The average molecular weight is 234 g/mol. The molecule has 6 heteroatoms. The highest BCUT2D eigenvalue weighted by atomic mass is 16.3. The van der Waals surface area contributed by atoms with Crippen molar-refractivity contribution in [1.29, 1.82) is 0 Å². The minimum atomic E-state index is -1.22. The highest BCUT2D eigenvalue weighted by molar-refractivity contribution is 5.81. The molecule has 0 aromatic rings. The van der Waals surface area contributed by atoms with Crippen LogP contribution in [0.15, 0.2) is 0 Å². The molecule has 1 amide bonds. The SMILES string of the molecule is CCCNC(=O)C(C)NC(CO)(CO)CO. The van der Waals surface area contributed by atoms with E-state index in [1.54, 1.807) is 6.92 Å². The van der Waals surface area contributed by atoms with Crippen molar-refractivity contribution in [2.45, 2.75) is 31.8 Å². The fraction of sp³-hybridized carbons (Fsp3) is 0.900. The first-order chi connectivity index (χ1) is 7.55. The maximum absolute atomic E-state index is 11.5. The van der Waals surface area contributed by atoms with Gasteiger partial charge in [-0.05, 0) is 13.3 Å². The van der Waals surface area contributed by atoms with Crippen LogP contribution in [0.1, 0.15) is 20.3 Å². The van der Waals surface area contributed by atoms with Gasteiger partial charge in [0.05, 0.1) is 31.4 Å². The van der Waals surface area contributed by atoms with Gasteiger partial charge < -0.3 is 20.6 Å². The van der Waals surface area contributed by atoms with Gasteiger partial charge in [0, 0.05) is 6.54 Å². The predicted octanol–water partition coefficient (Wildman–Crippen LogP) is -1.79. The number of rotatable bonds is 8. The first kappa shape index (κ1) is 15.3. The van der Waals surface area contributed by atoms with Gasteiger partial charge in [0.1, 0.15) is 0 Å². The van der Waals surface area contributed by atoms with E-state index in [4.69, 9.17) is 15.3 Å². The molecule has 0 rings (SSSR count). The van der Waals surface area contributed by atoms with Gasteiger partial charge in [-0.25, -0.2) is 0 Å². The Balaban J connectivity index is 4.28. The van der Waals surface area contributed by atoms with Gasteiger partial charge in [-0.15, -0.1) is 0 Å². The summed E-state index contributed by atoms with van der Waals surface area (Å²) in [5, 5.41) is 32.6. The zero-order chi connectivity index (χ0) is 12.6. The second-order valence-electron chi connectivity index (χ2n) is 3.91. The Morgan fingerprint density at radius 2 is 1.75 bits per heavy atom. The maximum atomic E-state index is 11.5. The molecule has 0 aliphatic heterocycles. The number of carbonyl (C=O) groups is 1. The van der Waals surface area contributed by atoms with Crippen LogP contribution in [0, 0.1) is 0 Å². The lowest BCUT2D eigenvalue weighted by molar-refractivity contribution is -0.123. The van der Waals surface area contributed by atoms with E-state index in [0.29, 0.717) is 6.54 Å². The van der Waals surface area contributed by atoms with Gasteiger partial charge in [0.15, 0.2) is 0 Å². The van der Waals surface area contributed by atoms with Crippen LogP contribution < -0.4 is 10.6 Å². The minimum absolute atomic E-state index is 0.221. The Labute approximate surface area is 95.7 Å². The Bertz CT molecular complexity index is 199. The van der Waals surface area contributed by atoms with Crippen molar-refractivity contribution in [2.75, 3.05) is 26.4 Å². The Morgan fingerprint density at radius 3 is 2.12 bits per heavy atom. The molecule has 16 heavy (non-hydrogen) atoms. The van der Waals surface area contributed by atoms with Gasteiger partial charge in [0.2, 0.25) is 5.91 Å². The molecular weight excluding hydrogens is 212 g/mol. The zero-order valence-electron chi connectivity index (χ0n) is 9.86. The smallest absolute Gasteiger partial charge is 0.236 e. The second-order valence-corrected chi connectivity index (χ2v) is 3.91. The van der Waals surface area contributed by atoms with E-state index >= 15 is 0 Å². The van der Waals surface area contributed by atoms with E-state index in [9.17, 15) is 4.79 Å². The van der Waals surface area contributed by atoms with Crippen molar-refractivity contribution in [3.05, 3.63) is 0 Å². The maximum Gasteiger partial charge on any atom is 0.236 e. The van der Waals surface area contributed by atoms with Crippen LogP contribution in [0.5, 0.6) is 0 Å². The summed E-state index contributed by atoms with van der Waals surface area (Å²) in [6, 6.07) is -0.585. The summed E-state index contributed by atoms with van der Waals surface area (Å²) in [7, 11) is 0. The van der Waals surface area contributed by atoms with Crippen LogP contribution in [0.2, 0.25) is 0 Å². The third kappa shape index (κ3) is 4.44. The molecule has 6 nitrogen and oxygen atoms in total. The van der Waals surface area contributed by atoms with Crippen LogP contribution in [-0.2, 0) is 4.79 Å². The molecule has 0 saturated heterocycles. The number of amides is 1. The molecule has 0 fully saturated rings. The largest absolute Gasteiger partial charge is 0.394 e. The summed E-state index contributed by atoms with van der Waals surface area (Å²) in [6.07, 6.45) is 0.837. The van der Waals surface area contributed by atoms with Crippen molar-refractivity contribution >= 4 is 5.91 Å². The number of hydrogen-bond donors (Lipinski definition) is 5. The van der Waals surface area contributed by atoms with E-state index < -0.39 is 31.4 Å². The van der Waals surface area contributed by atoms with Crippen LogP contribution in [0.3, 0.4) is 0 Å². The monoisotopic (exact) mass is 234 g/mol. The highest BCUT2D eigenvalue weighted by Gasteiger charge is 2.31. The summed E-state index contributed by atoms with van der Waals surface area (Å²) in [4.78, 5) is 11.5. The molecular formula is C10H22N2O4. The van der Waals surface area contributed by atoms with Gasteiger partial charge in [0.25, 0.3) is 0 Å². The third-order valence-electron chi connectivity index (χ3n) is 2.37. The van der Waals surface area contributed by atoms with Crippen molar-refractivity contribution < 1.29 is 20.1 Å².